The van der Waals surface area contributed by atoms with E-state index in [4.69, 9.17) is 17.3 Å². The SMILES string of the molecule is CC(C(=O)Nc1ccc(Cl)cc1)N1CCC(C)(CN)C1. The van der Waals surface area contributed by atoms with E-state index >= 15 is 0 Å². The van der Waals surface area contributed by atoms with E-state index in [0.717, 1.165) is 25.2 Å². The van der Waals surface area contributed by atoms with Crippen LogP contribution in [0.25, 0.3) is 0 Å². The maximum Gasteiger partial charge on any atom is 0.241 e. The van der Waals surface area contributed by atoms with E-state index in [2.05, 4.69) is 17.1 Å². The molecule has 0 aromatic heterocycles. The van der Waals surface area contributed by atoms with Gasteiger partial charge in [0.05, 0.1) is 6.04 Å². The molecule has 1 aromatic carbocycles. The first-order valence-corrected chi connectivity index (χ1v) is 7.32. The summed E-state index contributed by atoms with van der Waals surface area (Å²) in [7, 11) is 0. The normalized spacial score (nSPS) is 24.6. The number of carbonyl (C=O) groups is 1. The minimum atomic E-state index is -0.154. The molecule has 0 aliphatic carbocycles. The van der Waals surface area contributed by atoms with Crippen LogP contribution < -0.4 is 11.1 Å². The molecule has 20 heavy (non-hydrogen) atoms. The predicted octanol–water partition coefficient (Wildman–Crippen LogP) is 2.34. The molecule has 1 aliphatic heterocycles. The average molecular weight is 296 g/mol. The van der Waals surface area contributed by atoms with Crippen LogP contribution in [0, 0.1) is 5.41 Å². The highest BCUT2D eigenvalue weighted by Gasteiger charge is 2.36. The minimum Gasteiger partial charge on any atom is -0.330 e. The van der Waals surface area contributed by atoms with Crippen LogP contribution >= 0.6 is 11.6 Å². The number of halogens is 1. The lowest BCUT2D eigenvalue weighted by Crippen LogP contribution is -2.42. The van der Waals surface area contributed by atoms with Crippen LogP contribution in [0.3, 0.4) is 0 Å². The molecule has 2 rings (SSSR count). The van der Waals surface area contributed by atoms with E-state index < -0.39 is 0 Å². The smallest absolute Gasteiger partial charge is 0.241 e. The molecule has 0 spiro atoms. The van der Waals surface area contributed by atoms with Crippen molar-refractivity contribution in [2.24, 2.45) is 11.1 Å². The van der Waals surface area contributed by atoms with Gasteiger partial charge in [-0.15, -0.1) is 0 Å². The number of amides is 1. The van der Waals surface area contributed by atoms with Gasteiger partial charge in [-0.2, -0.15) is 0 Å². The van der Waals surface area contributed by atoms with Crippen LogP contribution in [0.15, 0.2) is 24.3 Å². The molecule has 1 saturated heterocycles. The van der Waals surface area contributed by atoms with Crippen LogP contribution in [0.1, 0.15) is 20.3 Å². The number of anilines is 1. The third-order valence-electron chi connectivity index (χ3n) is 4.12. The molecule has 0 bridgehead atoms. The first kappa shape index (κ1) is 15.3. The van der Waals surface area contributed by atoms with Gasteiger partial charge in [0.25, 0.3) is 0 Å². The van der Waals surface area contributed by atoms with Crippen molar-refractivity contribution in [2.75, 3.05) is 25.0 Å². The Kier molecular flexibility index (Phi) is 4.68. The molecule has 1 aromatic rings. The molecule has 1 amide bonds. The van der Waals surface area contributed by atoms with Gasteiger partial charge in [-0.25, -0.2) is 0 Å². The Morgan fingerprint density at radius 2 is 2.15 bits per heavy atom. The number of rotatable bonds is 4. The molecule has 2 atom stereocenters. The molecule has 0 radical (unpaired) electrons. The van der Waals surface area contributed by atoms with Crippen LogP contribution in [-0.4, -0.2) is 36.5 Å². The molecule has 4 nitrogen and oxygen atoms in total. The summed E-state index contributed by atoms with van der Waals surface area (Å²) in [5, 5.41) is 3.58. The van der Waals surface area contributed by atoms with E-state index in [1.807, 2.05) is 6.92 Å². The quantitative estimate of drug-likeness (QED) is 0.896. The van der Waals surface area contributed by atoms with Gasteiger partial charge in [0, 0.05) is 17.3 Å². The highest BCUT2D eigenvalue weighted by atomic mass is 35.5. The number of likely N-dealkylation sites (tertiary alicyclic amines) is 1. The van der Waals surface area contributed by atoms with E-state index in [1.54, 1.807) is 24.3 Å². The Morgan fingerprint density at radius 3 is 2.70 bits per heavy atom. The van der Waals surface area contributed by atoms with Crippen molar-refractivity contribution in [1.29, 1.82) is 0 Å². The molecular formula is C15H22ClN3O. The Balaban J connectivity index is 1.94. The second kappa shape index (κ2) is 6.12. The number of nitrogens with zero attached hydrogens (tertiary/aromatic N) is 1. The maximum atomic E-state index is 12.3. The molecule has 5 heteroatoms. The number of nitrogens with one attached hydrogen (secondary N) is 1. The first-order valence-electron chi connectivity index (χ1n) is 6.94. The van der Waals surface area contributed by atoms with Gasteiger partial charge in [-0.05, 0) is 56.1 Å². The van der Waals surface area contributed by atoms with Crippen molar-refractivity contribution >= 4 is 23.2 Å². The fourth-order valence-electron chi connectivity index (χ4n) is 2.50. The van der Waals surface area contributed by atoms with Crippen LogP contribution in [0.4, 0.5) is 5.69 Å². The Labute approximate surface area is 125 Å². The third kappa shape index (κ3) is 3.51. The summed E-state index contributed by atoms with van der Waals surface area (Å²) < 4.78 is 0. The van der Waals surface area contributed by atoms with Crippen LogP contribution in [-0.2, 0) is 4.79 Å². The lowest BCUT2D eigenvalue weighted by atomic mass is 9.90. The lowest BCUT2D eigenvalue weighted by Gasteiger charge is -2.26. The molecule has 3 N–H and O–H groups in total. The Hall–Kier alpha value is -1.10. The number of carbonyl (C=O) groups excluding carboxylic acids is 1. The molecule has 110 valence electrons. The zero-order valence-corrected chi connectivity index (χ0v) is 12.8. The van der Waals surface area contributed by atoms with Gasteiger partial charge in [0.2, 0.25) is 5.91 Å². The summed E-state index contributed by atoms with van der Waals surface area (Å²) in [5.74, 6) is 0.00796. The van der Waals surface area contributed by atoms with Gasteiger partial charge < -0.3 is 11.1 Å². The first-order chi connectivity index (χ1) is 9.43. The van der Waals surface area contributed by atoms with Crippen molar-refractivity contribution in [3.63, 3.8) is 0 Å². The highest BCUT2D eigenvalue weighted by molar-refractivity contribution is 6.30. The molecule has 1 aliphatic rings. The van der Waals surface area contributed by atoms with Crippen molar-refractivity contribution in [3.8, 4) is 0 Å². The fraction of sp³-hybridized carbons (Fsp3) is 0.533. The monoisotopic (exact) mass is 295 g/mol. The predicted molar refractivity (Wildman–Crippen MR) is 82.9 cm³/mol. The molecule has 2 unspecified atom stereocenters. The standard InChI is InChI=1S/C15H22ClN3O/c1-11(19-8-7-15(2,9-17)10-19)14(20)18-13-5-3-12(16)4-6-13/h3-6,11H,7-10,17H2,1-2H3,(H,18,20). The molecule has 1 fully saturated rings. The third-order valence-corrected chi connectivity index (χ3v) is 4.37. The zero-order valence-electron chi connectivity index (χ0n) is 12.0. The average Bonchev–Trinajstić information content (AvgIpc) is 2.84. The summed E-state index contributed by atoms with van der Waals surface area (Å²) in [4.78, 5) is 14.5. The van der Waals surface area contributed by atoms with Crippen LogP contribution in [0.5, 0.6) is 0 Å². The van der Waals surface area contributed by atoms with Gasteiger partial charge in [-0.3, -0.25) is 9.69 Å². The van der Waals surface area contributed by atoms with E-state index in [-0.39, 0.29) is 17.4 Å². The lowest BCUT2D eigenvalue weighted by molar-refractivity contribution is -0.120. The van der Waals surface area contributed by atoms with Crippen molar-refractivity contribution in [2.45, 2.75) is 26.3 Å². The van der Waals surface area contributed by atoms with E-state index in [1.165, 1.54) is 0 Å². The fourth-order valence-corrected chi connectivity index (χ4v) is 2.63. The maximum absolute atomic E-state index is 12.3. The zero-order chi connectivity index (χ0) is 14.8. The van der Waals surface area contributed by atoms with Gasteiger partial charge in [0.1, 0.15) is 0 Å². The molecule has 0 saturated carbocycles. The Morgan fingerprint density at radius 1 is 1.50 bits per heavy atom. The number of hydrogen-bond acceptors (Lipinski definition) is 3. The van der Waals surface area contributed by atoms with Gasteiger partial charge in [-0.1, -0.05) is 18.5 Å². The molecule has 1 heterocycles. The summed E-state index contributed by atoms with van der Waals surface area (Å²) in [5.41, 5.74) is 6.71. The summed E-state index contributed by atoms with van der Waals surface area (Å²) in [6.45, 7) is 6.57. The summed E-state index contributed by atoms with van der Waals surface area (Å²) in [6.07, 6.45) is 1.04. The van der Waals surface area contributed by atoms with Crippen molar-refractivity contribution in [3.05, 3.63) is 29.3 Å². The highest BCUT2D eigenvalue weighted by Crippen LogP contribution is 2.30. The van der Waals surface area contributed by atoms with Crippen molar-refractivity contribution < 1.29 is 4.79 Å². The largest absolute Gasteiger partial charge is 0.330 e. The summed E-state index contributed by atoms with van der Waals surface area (Å²) in [6, 6.07) is 6.99. The second-order valence-corrected chi connectivity index (χ2v) is 6.34. The topological polar surface area (TPSA) is 58.4 Å². The number of hydrogen-bond donors (Lipinski definition) is 2. The second-order valence-electron chi connectivity index (χ2n) is 5.91. The summed E-state index contributed by atoms with van der Waals surface area (Å²) >= 11 is 5.83. The van der Waals surface area contributed by atoms with Crippen LogP contribution in [0.2, 0.25) is 5.02 Å². The number of nitrogens with two attached hydrogens (primary N) is 1. The molecular weight excluding hydrogens is 274 g/mol. The Bertz CT molecular complexity index is 477. The van der Waals surface area contributed by atoms with E-state index in [0.29, 0.717) is 11.6 Å². The van der Waals surface area contributed by atoms with Gasteiger partial charge >= 0.3 is 0 Å². The van der Waals surface area contributed by atoms with Gasteiger partial charge in [0.15, 0.2) is 0 Å². The van der Waals surface area contributed by atoms with Crippen molar-refractivity contribution in [1.82, 2.24) is 4.90 Å². The number of benzene rings is 1. The minimum absolute atomic E-state index is 0.00796. The van der Waals surface area contributed by atoms with E-state index in [9.17, 15) is 4.79 Å².